The molecule has 2 aromatic rings. The number of ether oxygens (including phenoxy) is 1. The van der Waals surface area contributed by atoms with Gasteiger partial charge >= 0.3 is 0 Å². The Morgan fingerprint density at radius 1 is 1.00 bits per heavy atom. The van der Waals surface area contributed by atoms with Crippen LogP contribution in [0, 0.1) is 6.92 Å². The van der Waals surface area contributed by atoms with Gasteiger partial charge in [0.1, 0.15) is 18.9 Å². The number of anilines is 1. The number of rotatable bonds is 10. The summed E-state index contributed by atoms with van der Waals surface area (Å²) in [7, 11) is -4.25. The zero-order chi connectivity index (χ0) is 23.2. The maximum absolute atomic E-state index is 12.3. The van der Waals surface area contributed by atoms with E-state index in [1.54, 1.807) is 31.2 Å². The average Bonchev–Trinajstić information content (AvgIpc) is 2.69. The van der Waals surface area contributed by atoms with Crippen molar-refractivity contribution in [1.29, 1.82) is 0 Å². The molecule has 0 aromatic heterocycles. The number of hydrogen-bond donors (Lipinski definition) is 1. The second kappa shape index (κ2) is 10.1. The first-order valence-electron chi connectivity index (χ1n) is 9.38. The van der Waals surface area contributed by atoms with Gasteiger partial charge in [-0.1, -0.05) is 18.2 Å². The highest BCUT2D eigenvalue weighted by Crippen LogP contribution is 2.21. The van der Waals surface area contributed by atoms with Gasteiger partial charge in [-0.05, 0) is 42.8 Å². The van der Waals surface area contributed by atoms with Crippen LogP contribution in [0.2, 0.25) is 0 Å². The lowest BCUT2D eigenvalue weighted by Gasteiger charge is -2.23. The molecule has 11 heteroatoms. The molecule has 170 valence electrons. The lowest BCUT2D eigenvalue weighted by molar-refractivity contribution is -0.119. The Balaban J connectivity index is 1.90. The topological polar surface area (TPSA) is 113 Å². The van der Waals surface area contributed by atoms with Gasteiger partial charge in [0.25, 0.3) is 0 Å². The molecule has 0 aliphatic rings. The van der Waals surface area contributed by atoms with E-state index in [4.69, 9.17) is 4.74 Å². The van der Waals surface area contributed by atoms with Crippen LogP contribution in [-0.4, -0.2) is 67.1 Å². The number of carbonyl (C=O) groups excluding carboxylic acids is 1. The Morgan fingerprint density at radius 2 is 1.61 bits per heavy atom. The van der Waals surface area contributed by atoms with Crippen molar-refractivity contribution < 1.29 is 26.4 Å². The predicted octanol–water partition coefficient (Wildman–Crippen LogP) is 1.21. The second-order valence-electron chi connectivity index (χ2n) is 7.01. The minimum atomic E-state index is -3.64. The van der Waals surface area contributed by atoms with Gasteiger partial charge in [-0.15, -0.1) is 0 Å². The Hall–Kier alpha value is -2.63. The molecule has 0 bridgehead atoms. The van der Waals surface area contributed by atoms with Crippen molar-refractivity contribution in [2.24, 2.45) is 0 Å². The van der Waals surface area contributed by atoms with E-state index in [0.717, 1.165) is 20.4 Å². The number of nitrogens with one attached hydrogen (secondary N) is 1. The number of aryl methyl sites for hydroxylation is 1. The fourth-order valence-corrected chi connectivity index (χ4v) is 4.50. The van der Waals surface area contributed by atoms with E-state index < -0.39 is 26.0 Å². The van der Waals surface area contributed by atoms with Crippen molar-refractivity contribution in [3.05, 3.63) is 54.1 Å². The first-order valence-corrected chi connectivity index (χ1v) is 12.7. The summed E-state index contributed by atoms with van der Waals surface area (Å²) in [6.45, 7) is 1.71. The minimum Gasteiger partial charge on any atom is -0.492 e. The summed E-state index contributed by atoms with van der Waals surface area (Å²) in [5.41, 5.74) is 1.19. The van der Waals surface area contributed by atoms with E-state index in [0.29, 0.717) is 11.4 Å². The monoisotopic (exact) mass is 469 g/mol. The standard InChI is InChI=1S/C20H27N3O6S2/c1-16-7-5-6-8-19(16)23(30(4,25)26)15-20(24)21-13-14-29-17-9-11-18(12-10-17)31(27,28)22(2)3/h5-12H,13-15H2,1-4H3,(H,21,24). The molecule has 1 N–H and O–H groups in total. The number of amides is 1. The van der Waals surface area contributed by atoms with Crippen LogP contribution < -0.4 is 14.4 Å². The van der Waals surface area contributed by atoms with Crippen molar-refractivity contribution in [3.63, 3.8) is 0 Å². The first kappa shape index (κ1) is 24.6. The van der Waals surface area contributed by atoms with Crippen LogP contribution in [0.4, 0.5) is 5.69 Å². The SMILES string of the molecule is Cc1ccccc1N(CC(=O)NCCOc1ccc(S(=O)(=O)N(C)C)cc1)S(C)(=O)=O. The van der Waals surface area contributed by atoms with Gasteiger partial charge in [0.2, 0.25) is 26.0 Å². The Labute approximate surface area is 183 Å². The van der Waals surface area contributed by atoms with E-state index in [1.807, 2.05) is 0 Å². The molecule has 0 aliphatic heterocycles. The molecule has 0 unspecified atom stereocenters. The van der Waals surface area contributed by atoms with Crippen LogP contribution in [0.25, 0.3) is 0 Å². The summed E-state index contributed by atoms with van der Waals surface area (Å²) in [6.07, 6.45) is 1.05. The normalized spacial score (nSPS) is 11.9. The molecule has 0 aliphatic carbocycles. The summed E-state index contributed by atoms with van der Waals surface area (Å²) in [5.74, 6) is -0.0191. The van der Waals surface area contributed by atoms with Crippen molar-refractivity contribution >= 4 is 31.6 Å². The van der Waals surface area contributed by atoms with Gasteiger partial charge < -0.3 is 10.1 Å². The molecule has 1 amide bonds. The van der Waals surface area contributed by atoms with Crippen molar-refractivity contribution in [2.45, 2.75) is 11.8 Å². The molecule has 0 saturated heterocycles. The van der Waals surface area contributed by atoms with Crippen molar-refractivity contribution in [3.8, 4) is 5.75 Å². The molecular formula is C20H27N3O6S2. The maximum atomic E-state index is 12.3. The molecule has 0 radical (unpaired) electrons. The molecule has 2 rings (SSSR count). The second-order valence-corrected chi connectivity index (χ2v) is 11.1. The Bertz CT molecular complexity index is 1110. The largest absolute Gasteiger partial charge is 0.492 e. The number of benzene rings is 2. The number of para-hydroxylation sites is 1. The molecule has 0 atom stereocenters. The molecule has 0 fully saturated rings. The smallest absolute Gasteiger partial charge is 0.242 e. The van der Waals surface area contributed by atoms with Crippen LogP contribution in [0.3, 0.4) is 0 Å². The van der Waals surface area contributed by atoms with Crippen molar-refractivity contribution in [2.75, 3.05) is 44.4 Å². The van der Waals surface area contributed by atoms with Crippen LogP contribution in [-0.2, 0) is 24.8 Å². The van der Waals surface area contributed by atoms with Crippen LogP contribution >= 0.6 is 0 Å². The molecule has 9 nitrogen and oxygen atoms in total. The lowest BCUT2D eigenvalue weighted by atomic mass is 10.2. The lowest BCUT2D eigenvalue weighted by Crippen LogP contribution is -2.41. The quantitative estimate of drug-likeness (QED) is 0.523. The zero-order valence-corrected chi connectivity index (χ0v) is 19.5. The van der Waals surface area contributed by atoms with Crippen LogP contribution in [0.15, 0.2) is 53.4 Å². The van der Waals surface area contributed by atoms with E-state index in [9.17, 15) is 21.6 Å². The third-order valence-electron chi connectivity index (χ3n) is 4.37. The highest BCUT2D eigenvalue weighted by Gasteiger charge is 2.22. The minimum absolute atomic E-state index is 0.134. The van der Waals surface area contributed by atoms with E-state index >= 15 is 0 Å². The number of sulfonamides is 2. The van der Waals surface area contributed by atoms with Gasteiger partial charge in [0, 0.05) is 14.1 Å². The molecule has 0 heterocycles. The summed E-state index contributed by atoms with van der Waals surface area (Å²) in [4.78, 5) is 12.4. The molecule has 0 saturated carbocycles. The first-order chi connectivity index (χ1) is 14.4. The highest BCUT2D eigenvalue weighted by molar-refractivity contribution is 7.92. The van der Waals surface area contributed by atoms with E-state index in [-0.39, 0.29) is 24.6 Å². The molecular weight excluding hydrogens is 442 g/mol. The number of carbonyl (C=O) groups is 1. The third-order valence-corrected chi connectivity index (χ3v) is 7.32. The predicted molar refractivity (Wildman–Crippen MR) is 119 cm³/mol. The summed E-state index contributed by atoms with van der Waals surface area (Å²) in [5, 5.41) is 2.62. The van der Waals surface area contributed by atoms with Gasteiger partial charge in [0.05, 0.1) is 23.4 Å². The van der Waals surface area contributed by atoms with E-state index in [2.05, 4.69) is 5.32 Å². The third kappa shape index (κ3) is 6.68. The highest BCUT2D eigenvalue weighted by atomic mass is 32.2. The maximum Gasteiger partial charge on any atom is 0.242 e. The summed E-state index contributed by atoms with van der Waals surface area (Å²) in [6, 6.07) is 12.9. The number of nitrogens with zero attached hydrogens (tertiary/aromatic N) is 2. The van der Waals surface area contributed by atoms with Gasteiger partial charge in [-0.3, -0.25) is 9.10 Å². The summed E-state index contributed by atoms with van der Waals surface area (Å²) >= 11 is 0. The molecule has 2 aromatic carbocycles. The van der Waals surface area contributed by atoms with Gasteiger partial charge in [0.15, 0.2) is 0 Å². The fraction of sp³-hybridized carbons (Fsp3) is 0.350. The summed E-state index contributed by atoms with van der Waals surface area (Å²) < 4.78 is 56.1. The molecule has 31 heavy (non-hydrogen) atoms. The van der Waals surface area contributed by atoms with Crippen LogP contribution in [0.1, 0.15) is 5.56 Å². The Kier molecular flexibility index (Phi) is 8.04. The van der Waals surface area contributed by atoms with Crippen molar-refractivity contribution in [1.82, 2.24) is 9.62 Å². The molecule has 0 spiro atoms. The van der Waals surface area contributed by atoms with Gasteiger partial charge in [-0.2, -0.15) is 0 Å². The Morgan fingerprint density at radius 3 is 2.16 bits per heavy atom. The zero-order valence-electron chi connectivity index (χ0n) is 17.9. The van der Waals surface area contributed by atoms with Gasteiger partial charge in [-0.25, -0.2) is 21.1 Å². The fourth-order valence-electron chi connectivity index (χ4n) is 2.69. The van der Waals surface area contributed by atoms with Crippen LogP contribution in [0.5, 0.6) is 5.75 Å². The van der Waals surface area contributed by atoms with E-state index in [1.165, 1.54) is 38.4 Å². The average molecular weight is 470 g/mol. The number of hydrogen-bond acceptors (Lipinski definition) is 6.